The molecule has 7 nitrogen and oxygen atoms in total. The number of nitrogens with two attached hydrogens (primary N) is 1. The van der Waals surface area contributed by atoms with Gasteiger partial charge in [-0.1, -0.05) is 0 Å². The zero-order valence-corrected chi connectivity index (χ0v) is 22.9. The van der Waals surface area contributed by atoms with Gasteiger partial charge in [-0.25, -0.2) is 0 Å². The fourth-order valence-electron chi connectivity index (χ4n) is 4.63. The van der Waals surface area contributed by atoms with Crippen molar-refractivity contribution in [3.05, 3.63) is 91.0 Å². The monoisotopic (exact) mass is 519 g/mol. The van der Waals surface area contributed by atoms with Gasteiger partial charge >= 0.3 is 221 Å². The summed E-state index contributed by atoms with van der Waals surface area (Å²) in [6.07, 6.45) is 0.815. The summed E-state index contributed by atoms with van der Waals surface area (Å²) >= 11 is 0. The fraction of sp³-hybridized carbons (Fsp3) is 0.276. The molecule has 0 spiro atoms. The molecule has 0 aliphatic heterocycles. The van der Waals surface area contributed by atoms with Crippen LogP contribution < -0.4 is 21.6 Å². The van der Waals surface area contributed by atoms with Crippen LogP contribution in [-0.4, -0.2) is 78.9 Å². The predicted molar refractivity (Wildman–Crippen MR) is 156 cm³/mol. The van der Waals surface area contributed by atoms with Crippen molar-refractivity contribution in [2.75, 3.05) is 46.4 Å². The molecule has 37 heavy (non-hydrogen) atoms. The van der Waals surface area contributed by atoms with E-state index in [1.54, 1.807) is 25.9 Å². The van der Waals surface area contributed by atoms with Crippen molar-refractivity contribution in [1.82, 2.24) is 14.7 Å². The van der Waals surface area contributed by atoms with Gasteiger partial charge in [-0.3, -0.25) is 0 Å². The van der Waals surface area contributed by atoms with Crippen LogP contribution in [-0.2, 0) is 9.59 Å². The van der Waals surface area contributed by atoms with Gasteiger partial charge in [0.15, 0.2) is 0 Å². The molecule has 3 rings (SSSR count). The van der Waals surface area contributed by atoms with Crippen molar-refractivity contribution in [2.24, 2.45) is 5.73 Å². The normalized spacial score (nSPS) is 11.4. The third-order valence-electron chi connectivity index (χ3n) is 6.92. The van der Waals surface area contributed by atoms with E-state index in [2.05, 4.69) is 72.8 Å². The number of nitrogens with one attached hydrogen (secondary N) is 1. The van der Waals surface area contributed by atoms with Gasteiger partial charge in [0.2, 0.25) is 0 Å². The molecule has 0 aliphatic carbocycles. The first-order valence-corrected chi connectivity index (χ1v) is 14.7. The Balaban J connectivity index is 1.88. The van der Waals surface area contributed by atoms with E-state index in [1.165, 1.54) is 20.8 Å². The molecule has 0 fully saturated rings. The molecule has 0 radical (unpaired) electrons. The van der Waals surface area contributed by atoms with Crippen molar-refractivity contribution in [2.45, 2.75) is 6.92 Å². The Morgan fingerprint density at radius 1 is 0.730 bits per heavy atom. The number of carbonyl (C=O) groups excluding carboxylic acids is 2. The van der Waals surface area contributed by atoms with Crippen molar-refractivity contribution < 1.29 is 9.59 Å². The number of benzene rings is 3. The molecular formula is C29H38N5O2P. The van der Waals surface area contributed by atoms with Crippen LogP contribution in [0.15, 0.2) is 91.0 Å². The third kappa shape index (κ3) is 6.95. The van der Waals surface area contributed by atoms with Gasteiger partial charge < -0.3 is 0 Å². The van der Waals surface area contributed by atoms with E-state index >= 15 is 0 Å². The second kappa shape index (κ2) is 13.0. The zero-order valence-electron chi connectivity index (χ0n) is 21.9. The average Bonchev–Trinajstić information content (AvgIpc) is 2.91. The van der Waals surface area contributed by atoms with E-state index in [0.29, 0.717) is 19.6 Å². The van der Waals surface area contributed by atoms with Crippen LogP contribution in [0.25, 0.3) is 0 Å². The van der Waals surface area contributed by atoms with E-state index in [4.69, 9.17) is 11.1 Å². The minimum absolute atomic E-state index is 0.0150. The first kappa shape index (κ1) is 27.9. The van der Waals surface area contributed by atoms with Gasteiger partial charge in [0.05, 0.1) is 0 Å². The molecule has 0 aliphatic rings. The van der Waals surface area contributed by atoms with E-state index in [0.717, 1.165) is 6.16 Å². The molecule has 0 saturated carbocycles. The molecule has 0 unspecified atom stereocenters. The summed E-state index contributed by atoms with van der Waals surface area (Å²) in [6.45, 7) is 3.03. The topological polar surface area (TPSA) is 93.7 Å². The van der Waals surface area contributed by atoms with E-state index < -0.39 is 7.26 Å². The number of likely N-dealkylation sites (N-methyl/N-ethyl adjacent to an activating group) is 2. The van der Waals surface area contributed by atoms with Gasteiger partial charge in [0, 0.05) is 0 Å². The van der Waals surface area contributed by atoms with Gasteiger partial charge in [0.25, 0.3) is 0 Å². The summed E-state index contributed by atoms with van der Waals surface area (Å²) in [5.74, 6) is -0.322. The van der Waals surface area contributed by atoms with Crippen molar-refractivity contribution in [1.29, 1.82) is 5.41 Å². The second-order valence-electron chi connectivity index (χ2n) is 9.32. The molecule has 0 heterocycles. The minimum atomic E-state index is -2.46. The van der Waals surface area contributed by atoms with Crippen molar-refractivity contribution in [3.8, 4) is 0 Å². The van der Waals surface area contributed by atoms with Gasteiger partial charge in [0.1, 0.15) is 0 Å². The van der Waals surface area contributed by atoms with E-state index in [1.807, 2.05) is 23.1 Å². The molecule has 0 aromatic heterocycles. The van der Waals surface area contributed by atoms with Crippen molar-refractivity contribution in [3.63, 3.8) is 0 Å². The molecule has 0 saturated heterocycles. The molecule has 0 bridgehead atoms. The number of carbonyl (C=O) groups is 2. The van der Waals surface area contributed by atoms with Crippen LogP contribution in [0.5, 0.6) is 0 Å². The number of hydrogen-bond acceptors (Lipinski definition) is 3. The molecule has 3 aromatic rings. The van der Waals surface area contributed by atoms with Crippen LogP contribution in [0.1, 0.15) is 6.92 Å². The molecule has 8 heteroatoms. The quantitative estimate of drug-likeness (QED) is 0.230. The number of hydrogen-bond donors (Lipinski definition) is 2. The molecular weight excluding hydrogens is 481 g/mol. The first-order valence-electron chi connectivity index (χ1n) is 12.5. The fourth-order valence-corrected chi connectivity index (χ4v) is 9.39. The number of nitrogens with zero attached hydrogens (tertiary/aromatic N) is 3. The Kier molecular flexibility index (Phi) is 9.81. The summed E-state index contributed by atoms with van der Waals surface area (Å²) < 4.78 is 0. The molecule has 196 valence electrons. The second-order valence-corrected chi connectivity index (χ2v) is 13.4. The Morgan fingerprint density at radius 3 is 1.54 bits per heavy atom. The summed E-state index contributed by atoms with van der Waals surface area (Å²) in [5.41, 5.74) is 5.46. The van der Waals surface area contributed by atoms with Gasteiger partial charge in [-0.05, 0) is 0 Å². The van der Waals surface area contributed by atoms with Crippen LogP contribution in [0.2, 0.25) is 0 Å². The molecule has 3 aromatic carbocycles. The van der Waals surface area contributed by atoms with Crippen LogP contribution >= 0.6 is 7.26 Å². The Bertz CT molecular complexity index is 1080. The Labute approximate surface area is 220 Å². The maximum absolute atomic E-state index is 12.7. The van der Waals surface area contributed by atoms with Gasteiger partial charge in [-0.15, -0.1) is 0 Å². The van der Waals surface area contributed by atoms with Crippen LogP contribution in [0.4, 0.5) is 0 Å². The average molecular weight is 520 g/mol. The van der Waals surface area contributed by atoms with E-state index in [-0.39, 0.29) is 24.3 Å². The van der Waals surface area contributed by atoms with Gasteiger partial charge in [-0.2, -0.15) is 0 Å². The summed E-state index contributed by atoms with van der Waals surface area (Å²) in [4.78, 5) is 30.1. The molecule has 0 atom stereocenters. The number of guanidine groups is 1. The SMILES string of the molecule is CC(=O)N(CCN(C)C(=O)CN(C)C(=N)N)CC[PH](c1ccccc1)(c1ccccc1)c1ccccc1. The molecule has 2 amide bonds. The zero-order chi connectivity index (χ0) is 26.8. The maximum atomic E-state index is 12.7. The van der Waals surface area contributed by atoms with Crippen LogP contribution in [0, 0.1) is 5.41 Å². The first-order chi connectivity index (χ1) is 17.8. The van der Waals surface area contributed by atoms with Crippen molar-refractivity contribution >= 4 is 41.0 Å². The summed E-state index contributed by atoms with van der Waals surface area (Å²) in [7, 11) is 0.858. The predicted octanol–water partition coefficient (Wildman–Crippen LogP) is 1.84. The standard InChI is InChI=1S/C29H38N5O2P/c1-24(35)34(20-19-32(2)28(36)23-33(3)29(30)31)21-22-37(25-13-7-4-8-14-25,26-15-9-5-10-16-26)27-17-11-6-12-18-27/h4-18,37H,19-23H2,1-3H3,(H3,30,31). The van der Waals surface area contributed by atoms with E-state index in [9.17, 15) is 9.59 Å². The Morgan fingerprint density at radius 2 is 1.16 bits per heavy atom. The third-order valence-corrected chi connectivity index (χ3v) is 11.8. The Hall–Kier alpha value is -3.70. The number of rotatable bonds is 11. The summed E-state index contributed by atoms with van der Waals surface area (Å²) in [6, 6.07) is 31.9. The van der Waals surface area contributed by atoms with Crippen LogP contribution in [0.3, 0.4) is 0 Å². The number of amides is 2. The summed E-state index contributed by atoms with van der Waals surface area (Å²) in [5, 5.41) is 11.4. The molecule has 3 N–H and O–H groups in total.